The van der Waals surface area contributed by atoms with E-state index in [1.54, 1.807) is 0 Å². The molecule has 0 radical (unpaired) electrons. The van der Waals surface area contributed by atoms with E-state index in [1.807, 2.05) is 18.2 Å². The van der Waals surface area contributed by atoms with Gasteiger partial charge in [0.2, 0.25) is 0 Å². The van der Waals surface area contributed by atoms with Crippen LogP contribution in [0.4, 0.5) is 0 Å². The zero-order valence-corrected chi connectivity index (χ0v) is 8.83. The fourth-order valence-corrected chi connectivity index (χ4v) is 1.23. The van der Waals surface area contributed by atoms with Gasteiger partial charge < -0.3 is 4.84 Å². The first kappa shape index (κ1) is 11.2. The molecule has 0 aliphatic rings. The van der Waals surface area contributed by atoms with Crippen LogP contribution in [0.3, 0.4) is 0 Å². The maximum absolute atomic E-state index is 5.29. The number of benzene rings is 1. The molecule has 0 aromatic heterocycles. The van der Waals surface area contributed by atoms with Crippen LogP contribution < -0.4 is 5.48 Å². The summed E-state index contributed by atoms with van der Waals surface area (Å²) in [5.41, 5.74) is 4.21. The second-order valence-corrected chi connectivity index (χ2v) is 3.36. The molecule has 1 aromatic rings. The number of rotatable bonds is 7. The Hall–Kier alpha value is -0.860. The highest BCUT2D eigenvalue weighted by Crippen LogP contribution is 1.97. The fourth-order valence-electron chi connectivity index (χ4n) is 1.23. The normalized spacial score (nSPS) is 10.4. The molecule has 1 N–H and O–H groups in total. The topological polar surface area (TPSA) is 21.3 Å². The Balaban J connectivity index is 1.99. The largest absolute Gasteiger partial charge is 0.301 e. The van der Waals surface area contributed by atoms with Crippen LogP contribution in [0.25, 0.3) is 0 Å². The quantitative estimate of drug-likeness (QED) is 0.531. The van der Waals surface area contributed by atoms with Crippen LogP contribution >= 0.6 is 0 Å². The van der Waals surface area contributed by atoms with Gasteiger partial charge in [0.15, 0.2) is 0 Å². The van der Waals surface area contributed by atoms with Gasteiger partial charge in [0.05, 0.1) is 6.61 Å². The molecule has 14 heavy (non-hydrogen) atoms. The monoisotopic (exact) mass is 193 g/mol. The molecule has 0 atom stereocenters. The summed E-state index contributed by atoms with van der Waals surface area (Å²) < 4.78 is 0. The van der Waals surface area contributed by atoms with Gasteiger partial charge in [-0.3, -0.25) is 0 Å². The summed E-state index contributed by atoms with van der Waals surface area (Å²) in [6.45, 7) is 3.78. The highest BCUT2D eigenvalue weighted by atomic mass is 16.6. The Bertz CT molecular complexity index is 223. The Labute approximate surface area is 86.2 Å². The van der Waals surface area contributed by atoms with Crippen molar-refractivity contribution in [1.82, 2.24) is 5.48 Å². The lowest BCUT2D eigenvalue weighted by atomic mass is 10.2. The molecule has 1 aromatic carbocycles. The van der Waals surface area contributed by atoms with E-state index in [9.17, 15) is 0 Å². The van der Waals surface area contributed by atoms with Crippen molar-refractivity contribution in [2.24, 2.45) is 0 Å². The third kappa shape index (κ3) is 5.00. The van der Waals surface area contributed by atoms with Crippen LogP contribution in [0.1, 0.15) is 31.7 Å². The van der Waals surface area contributed by atoms with Gasteiger partial charge in [0, 0.05) is 6.54 Å². The third-order valence-electron chi connectivity index (χ3n) is 2.07. The molecule has 0 unspecified atom stereocenters. The van der Waals surface area contributed by atoms with Gasteiger partial charge in [0.1, 0.15) is 0 Å². The lowest BCUT2D eigenvalue weighted by Gasteiger charge is -2.05. The van der Waals surface area contributed by atoms with E-state index in [4.69, 9.17) is 4.84 Å². The molecule has 2 nitrogen and oxygen atoms in total. The zero-order valence-electron chi connectivity index (χ0n) is 8.83. The average Bonchev–Trinajstić information content (AvgIpc) is 2.25. The summed E-state index contributed by atoms with van der Waals surface area (Å²) in [6, 6.07) is 10.3. The fraction of sp³-hybridized carbons (Fsp3) is 0.500. The summed E-state index contributed by atoms with van der Waals surface area (Å²) in [6.07, 6.45) is 3.62. The molecule has 2 heteroatoms. The molecule has 0 saturated heterocycles. The Morgan fingerprint density at radius 3 is 2.64 bits per heavy atom. The predicted octanol–water partition coefficient (Wildman–Crippen LogP) is 2.90. The first-order chi connectivity index (χ1) is 6.93. The molecule has 0 aliphatic carbocycles. The first-order valence-electron chi connectivity index (χ1n) is 5.32. The van der Waals surface area contributed by atoms with E-state index in [1.165, 1.54) is 18.4 Å². The van der Waals surface area contributed by atoms with Gasteiger partial charge in [-0.25, -0.2) is 0 Å². The molecule has 0 bridgehead atoms. The smallest absolute Gasteiger partial charge is 0.0682 e. The van der Waals surface area contributed by atoms with Crippen LogP contribution in [0.2, 0.25) is 0 Å². The molecule has 0 amide bonds. The minimum atomic E-state index is 0.785. The van der Waals surface area contributed by atoms with Crippen LogP contribution in [-0.2, 0) is 11.4 Å². The molecule has 78 valence electrons. The summed E-state index contributed by atoms with van der Waals surface area (Å²) in [4.78, 5) is 5.29. The Kier molecular flexibility index (Phi) is 6.04. The first-order valence-corrected chi connectivity index (χ1v) is 5.32. The average molecular weight is 193 g/mol. The number of nitrogens with one attached hydrogen (secondary N) is 1. The van der Waals surface area contributed by atoms with E-state index >= 15 is 0 Å². The standard InChI is InChI=1S/C12H19NO/c1-2-3-7-10-14-13-11-12-8-5-4-6-9-12/h4-6,8-9,13H,2-3,7,10-11H2,1H3. The van der Waals surface area contributed by atoms with E-state index in [0.717, 1.165) is 19.6 Å². The predicted molar refractivity (Wildman–Crippen MR) is 58.8 cm³/mol. The van der Waals surface area contributed by atoms with Gasteiger partial charge in [-0.2, -0.15) is 5.48 Å². The van der Waals surface area contributed by atoms with Crippen molar-refractivity contribution in [2.45, 2.75) is 32.7 Å². The lowest BCUT2D eigenvalue weighted by molar-refractivity contribution is 0.0342. The van der Waals surface area contributed by atoms with Crippen molar-refractivity contribution in [3.8, 4) is 0 Å². The van der Waals surface area contributed by atoms with E-state index < -0.39 is 0 Å². The minimum absolute atomic E-state index is 0.785. The number of hydroxylamine groups is 1. The molecule has 1 rings (SSSR count). The molecule has 0 fully saturated rings. The van der Waals surface area contributed by atoms with Gasteiger partial charge in [-0.1, -0.05) is 50.1 Å². The van der Waals surface area contributed by atoms with Crippen molar-refractivity contribution in [2.75, 3.05) is 6.61 Å². The van der Waals surface area contributed by atoms with Crippen molar-refractivity contribution >= 4 is 0 Å². The number of unbranched alkanes of at least 4 members (excludes halogenated alkanes) is 2. The number of hydrogen-bond donors (Lipinski definition) is 1. The van der Waals surface area contributed by atoms with Crippen molar-refractivity contribution in [1.29, 1.82) is 0 Å². The highest BCUT2D eigenvalue weighted by molar-refractivity contribution is 5.13. The van der Waals surface area contributed by atoms with Crippen LogP contribution in [-0.4, -0.2) is 6.61 Å². The SMILES string of the molecule is CCCCCONCc1ccccc1. The maximum atomic E-state index is 5.29. The van der Waals surface area contributed by atoms with Crippen LogP contribution in [0.5, 0.6) is 0 Å². The Morgan fingerprint density at radius 1 is 1.14 bits per heavy atom. The van der Waals surface area contributed by atoms with Gasteiger partial charge in [-0.05, 0) is 12.0 Å². The molecular formula is C12H19NO. The van der Waals surface area contributed by atoms with Crippen molar-refractivity contribution < 1.29 is 4.84 Å². The van der Waals surface area contributed by atoms with Gasteiger partial charge in [-0.15, -0.1) is 0 Å². The summed E-state index contributed by atoms with van der Waals surface area (Å²) in [5.74, 6) is 0. The third-order valence-corrected chi connectivity index (χ3v) is 2.07. The molecular weight excluding hydrogens is 174 g/mol. The number of hydrogen-bond acceptors (Lipinski definition) is 2. The highest BCUT2D eigenvalue weighted by Gasteiger charge is 1.90. The zero-order chi connectivity index (χ0) is 10.1. The molecule has 0 heterocycles. The second kappa shape index (κ2) is 7.54. The summed E-state index contributed by atoms with van der Waals surface area (Å²) >= 11 is 0. The van der Waals surface area contributed by atoms with Gasteiger partial charge in [0.25, 0.3) is 0 Å². The van der Waals surface area contributed by atoms with E-state index in [-0.39, 0.29) is 0 Å². The van der Waals surface area contributed by atoms with Crippen molar-refractivity contribution in [3.63, 3.8) is 0 Å². The van der Waals surface area contributed by atoms with Crippen molar-refractivity contribution in [3.05, 3.63) is 35.9 Å². The molecule has 0 saturated carbocycles. The van der Waals surface area contributed by atoms with E-state index in [0.29, 0.717) is 0 Å². The van der Waals surface area contributed by atoms with Gasteiger partial charge >= 0.3 is 0 Å². The second-order valence-electron chi connectivity index (χ2n) is 3.36. The Morgan fingerprint density at radius 2 is 1.93 bits per heavy atom. The molecule has 0 spiro atoms. The maximum Gasteiger partial charge on any atom is 0.0682 e. The van der Waals surface area contributed by atoms with Crippen LogP contribution in [0, 0.1) is 0 Å². The van der Waals surface area contributed by atoms with E-state index in [2.05, 4.69) is 24.5 Å². The van der Waals surface area contributed by atoms with Crippen LogP contribution in [0.15, 0.2) is 30.3 Å². The summed E-state index contributed by atoms with van der Waals surface area (Å²) in [5, 5.41) is 0. The summed E-state index contributed by atoms with van der Waals surface area (Å²) in [7, 11) is 0. The minimum Gasteiger partial charge on any atom is -0.301 e. The lowest BCUT2D eigenvalue weighted by Crippen LogP contribution is -2.14. The molecule has 0 aliphatic heterocycles.